The minimum Gasteiger partial charge on any atom is -0.329 e. The van der Waals surface area contributed by atoms with E-state index in [1.807, 2.05) is 35.0 Å². The molecule has 2 aromatic heterocycles. The van der Waals surface area contributed by atoms with Crippen molar-refractivity contribution >= 4 is 28.5 Å². The standard InChI is InChI=1S/C24H24N4O2/c1-15(2)28-13-20(22-23(27-16(3)29)25-14-26-24(22)28)10-9-17-5-4-6-19(11-17)21(30)12-18-7-8-18/h4-6,11,13-15,18H,7-8,12H2,1-3H3,(H,25,26,27,29). The SMILES string of the molecule is CC(=O)Nc1ncnc2c1c(C#Cc1cccc(C(=O)CC3CC3)c1)cn2C(C)C. The molecule has 1 aromatic carbocycles. The summed E-state index contributed by atoms with van der Waals surface area (Å²) in [4.78, 5) is 32.7. The molecule has 0 spiro atoms. The Morgan fingerprint density at radius 2 is 2.03 bits per heavy atom. The number of hydrogen-bond donors (Lipinski definition) is 1. The molecule has 3 aromatic rings. The molecule has 0 aliphatic heterocycles. The maximum Gasteiger partial charge on any atom is 0.222 e. The van der Waals surface area contributed by atoms with Crippen LogP contribution < -0.4 is 5.32 Å². The minimum absolute atomic E-state index is 0.173. The Bertz CT molecular complexity index is 1190. The highest BCUT2D eigenvalue weighted by Gasteiger charge is 2.24. The zero-order valence-corrected chi connectivity index (χ0v) is 17.4. The quantitative estimate of drug-likeness (QED) is 0.510. The number of rotatable bonds is 5. The lowest BCUT2D eigenvalue weighted by molar-refractivity contribution is -0.114. The number of fused-ring (bicyclic) bond motifs is 1. The van der Waals surface area contributed by atoms with Crippen LogP contribution in [0.3, 0.4) is 0 Å². The van der Waals surface area contributed by atoms with Crippen LogP contribution in [0.5, 0.6) is 0 Å². The first-order valence-corrected chi connectivity index (χ1v) is 10.2. The van der Waals surface area contributed by atoms with E-state index in [9.17, 15) is 9.59 Å². The summed E-state index contributed by atoms with van der Waals surface area (Å²) in [5.74, 6) is 7.35. The van der Waals surface area contributed by atoms with E-state index in [-0.39, 0.29) is 17.7 Å². The van der Waals surface area contributed by atoms with Gasteiger partial charge in [-0.2, -0.15) is 0 Å². The Morgan fingerprint density at radius 1 is 1.23 bits per heavy atom. The molecule has 0 unspecified atom stereocenters. The number of anilines is 1. The van der Waals surface area contributed by atoms with Crippen molar-refractivity contribution in [3.63, 3.8) is 0 Å². The van der Waals surface area contributed by atoms with Gasteiger partial charge in [-0.15, -0.1) is 0 Å². The van der Waals surface area contributed by atoms with Crippen molar-refractivity contribution in [3.05, 3.63) is 53.5 Å². The smallest absolute Gasteiger partial charge is 0.222 e. The topological polar surface area (TPSA) is 76.9 Å². The van der Waals surface area contributed by atoms with Crippen molar-refractivity contribution in [2.75, 3.05) is 5.32 Å². The van der Waals surface area contributed by atoms with Crippen LogP contribution in [0, 0.1) is 17.8 Å². The highest BCUT2D eigenvalue weighted by molar-refractivity contribution is 6.00. The first-order valence-electron chi connectivity index (χ1n) is 10.2. The number of ketones is 1. The molecule has 0 saturated heterocycles. The normalized spacial score (nSPS) is 13.2. The fraction of sp³-hybridized carbons (Fsp3) is 0.333. The molecule has 1 fully saturated rings. The molecule has 1 aliphatic rings. The van der Waals surface area contributed by atoms with Gasteiger partial charge in [-0.3, -0.25) is 9.59 Å². The third-order valence-electron chi connectivity index (χ3n) is 5.16. The Kier molecular flexibility index (Phi) is 5.37. The van der Waals surface area contributed by atoms with Crippen LogP contribution >= 0.6 is 0 Å². The molecule has 1 amide bonds. The van der Waals surface area contributed by atoms with Gasteiger partial charge in [-0.1, -0.05) is 24.0 Å². The molecule has 6 nitrogen and oxygen atoms in total. The molecule has 4 rings (SSSR count). The van der Waals surface area contributed by atoms with Gasteiger partial charge in [0.05, 0.1) is 10.9 Å². The first kappa shape index (κ1) is 19.8. The molecular weight excluding hydrogens is 376 g/mol. The number of carbonyl (C=O) groups is 2. The highest BCUT2D eigenvalue weighted by Crippen LogP contribution is 2.33. The molecule has 152 valence electrons. The van der Waals surface area contributed by atoms with E-state index < -0.39 is 0 Å². The largest absolute Gasteiger partial charge is 0.329 e. The van der Waals surface area contributed by atoms with Gasteiger partial charge < -0.3 is 9.88 Å². The Hall–Kier alpha value is -3.46. The second kappa shape index (κ2) is 8.11. The van der Waals surface area contributed by atoms with Gasteiger partial charge in [-0.25, -0.2) is 9.97 Å². The van der Waals surface area contributed by atoms with Crippen LogP contribution in [-0.4, -0.2) is 26.2 Å². The molecule has 6 heteroatoms. The summed E-state index contributed by atoms with van der Waals surface area (Å²) in [5, 5.41) is 3.49. The van der Waals surface area contributed by atoms with E-state index >= 15 is 0 Å². The molecule has 1 N–H and O–H groups in total. The third-order valence-corrected chi connectivity index (χ3v) is 5.16. The first-order chi connectivity index (χ1) is 14.4. The Morgan fingerprint density at radius 3 is 2.73 bits per heavy atom. The fourth-order valence-corrected chi connectivity index (χ4v) is 3.45. The molecule has 0 radical (unpaired) electrons. The Labute approximate surface area is 175 Å². The number of aromatic nitrogens is 3. The van der Waals surface area contributed by atoms with Gasteiger partial charge in [0.1, 0.15) is 17.8 Å². The summed E-state index contributed by atoms with van der Waals surface area (Å²) >= 11 is 0. The van der Waals surface area contributed by atoms with Gasteiger partial charge >= 0.3 is 0 Å². The number of carbonyl (C=O) groups excluding carboxylic acids is 2. The van der Waals surface area contributed by atoms with Crippen LogP contribution in [0.4, 0.5) is 5.82 Å². The van der Waals surface area contributed by atoms with E-state index in [1.54, 1.807) is 0 Å². The lowest BCUT2D eigenvalue weighted by Crippen LogP contribution is -2.08. The molecule has 1 aliphatic carbocycles. The van der Waals surface area contributed by atoms with Crippen LogP contribution in [0.15, 0.2) is 36.8 Å². The summed E-state index contributed by atoms with van der Waals surface area (Å²) in [6.45, 7) is 5.57. The van der Waals surface area contributed by atoms with Crippen LogP contribution in [0.2, 0.25) is 0 Å². The summed E-state index contributed by atoms with van der Waals surface area (Å²) in [6, 6.07) is 7.64. The molecule has 30 heavy (non-hydrogen) atoms. The van der Waals surface area contributed by atoms with E-state index in [1.165, 1.54) is 13.3 Å². The maximum atomic E-state index is 12.4. The molecule has 1 saturated carbocycles. The number of benzene rings is 1. The van der Waals surface area contributed by atoms with E-state index in [2.05, 4.69) is 41.0 Å². The van der Waals surface area contributed by atoms with Crippen molar-refractivity contribution in [2.45, 2.75) is 46.1 Å². The number of hydrogen-bond acceptors (Lipinski definition) is 4. The van der Waals surface area contributed by atoms with E-state index in [0.29, 0.717) is 23.7 Å². The average Bonchev–Trinajstić information content (AvgIpc) is 3.44. The summed E-state index contributed by atoms with van der Waals surface area (Å²) in [7, 11) is 0. The molecule has 0 atom stereocenters. The number of Topliss-reactive ketones (excluding diaryl/α,β-unsaturated/α-hetero) is 1. The minimum atomic E-state index is -0.201. The van der Waals surface area contributed by atoms with Crippen molar-refractivity contribution in [1.29, 1.82) is 0 Å². The maximum absolute atomic E-state index is 12.4. The van der Waals surface area contributed by atoms with Crippen LogP contribution in [0.25, 0.3) is 11.0 Å². The molecular formula is C24H24N4O2. The van der Waals surface area contributed by atoms with Crippen molar-refractivity contribution in [2.24, 2.45) is 5.92 Å². The fourth-order valence-electron chi connectivity index (χ4n) is 3.45. The van der Waals surface area contributed by atoms with Gasteiger partial charge in [0.2, 0.25) is 5.91 Å². The summed E-state index contributed by atoms with van der Waals surface area (Å²) in [5.41, 5.74) is 2.94. The summed E-state index contributed by atoms with van der Waals surface area (Å²) < 4.78 is 2.02. The van der Waals surface area contributed by atoms with E-state index in [4.69, 9.17) is 0 Å². The lowest BCUT2D eigenvalue weighted by atomic mass is 10.0. The Balaban J connectivity index is 1.73. The van der Waals surface area contributed by atoms with Gasteiger partial charge in [0.15, 0.2) is 5.78 Å². The van der Waals surface area contributed by atoms with Crippen molar-refractivity contribution in [3.8, 4) is 11.8 Å². The van der Waals surface area contributed by atoms with Crippen LogP contribution in [0.1, 0.15) is 67.6 Å². The number of nitrogens with one attached hydrogen (secondary N) is 1. The van der Waals surface area contributed by atoms with Crippen molar-refractivity contribution in [1.82, 2.24) is 14.5 Å². The van der Waals surface area contributed by atoms with E-state index in [0.717, 1.165) is 35.0 Å². The van der Waals surface area contributed by atoms with Crippen LogP contribution in [-0.2, 0) is 4.79 Å². The third kappa shape index (κ3) is 4.25. The van der Waals surface area contributed by atoms with Gasteiger partial charge in [-0.05, 0) is 44.7 Å². The lowest BCUT2D eigenvalue weighted by Gasteiger charge is -2.08. The second-order valence-corrected chi connectivity index (χ2v) is 8.05. The zero-order valence-electron chi connectivity index (χ0n) is 17.4. The van der Waals surface area contributed by atoms with Gasteiger partial charge in [0, 0.05) is 36.7 Å². The average molecular weight is 400 g/mol. The predicted octanol–water partition coefficient (Wildman–Crippen LogP) is 4.35. The van der Waals surface area contributed by atoms with Crippen molar-refractivity contribution < 1.29 is 9.59 Å². The molecule has 0 bridgehead atoms. The number of amides is 1. The molecule has 2 heterocycles. The predicted molar refractivity (Wildman–Crippen MR) is 116 cm³/mol. The highest BCUT2D eigenvalue weighted by atomic mass is 16.1. The van der Waals surface area contributed by atoms with Gasteiger partial charge in [0.25, 0.3) is 0 Å². The second-order valence-electron chi connectivity index (χ2n) is 8.05. The zero-order chi connectivity index (χ0) is 21.3. The summed E-state index contributed by atoms with van der Waals surface area (Å²) in [6.07, 6.45) is 6.31. The number of nitrogens with zero attached hydrogens (tertiary/aromatic N) is 3. The monoisotopic (exact) mass is 400 g/mol.